The summed E-state index contributed by atoms with van der Waals surface area (Å²) < 4.78 is 4.70. The second kappa shape index (κ2) is 8.84. The van der Waals surface area contributed by atoms with Crippen LogP contribution >= 0.6 is 0 Å². The van der Waals surface area contributed by atoms with Gasteiger partial charge in [-0.05, 0) is 40.8 Å². The van der Waals surface area contributed by atoms with Gasteiger partial charge in [-0.1, -0.05) is 60.7 Å². The van der Waals surface area contributed by atoms with Crippen molar-refractivity contribution in [2.45, 2.75) is 31.6 Å². The number of esters is 1. The molecule has 0 bridgehead atoms. The van der Waals surface area contributed by atoms with Gasteiger partial charge in [0.25, 0.3) is 11.8 Å². The highest BCUT2D eigenvalue weighted by molar-refractivity contribution is 6.10. The van der Waals surface area contributed by atoms with Crippen LogP contribution in [0.5, 0.6) is 0 Å². The number of amides is 3. The molecule has 5 rings (SSSR count). The predicted molar refractivity (Wildman–Crippen MR) is 124 cm³/mol. The summed E-state index contributed by atoms with van der Waals surface area (Å²) in [6, 6.07) is 19.0. The minimum absolute atomic E-state index is 0.0998. The van der Waals surface area contributed by atoms with Crippen LogP contribution in [0.1, 0.15) is 27.9 Å². The number of aliphatic hydroxyl groups excluding tert-OH is 1. The summed E-state index contributed by atoms with van der Waals surface area (Å²) in [4.78, 5) is 51.3. The van der Waals surface area contributed by atoms with Crippen molar-refractivity contribution in [3.8, 4) is 0 Å². The first-order chi connectivity index (χ1) is 16.9. The molecular weight excluding hydrogens is 450 g/mol. The standard InChI is InChI=1S/C26H23N3O6/c30-21-12-20(23(32)35-21)27-24(33)26(13-16-7-1-2-8-17(16)14-26)25(34)29-28-22(31)19-11-5-9-15-6-3-4-10-18(15)19/h1-11,20,23,32H,12-14H2,(H,27,33)(H,28,31)(H,29,34)/t20-,23?/m0/s1. The Hall–Kier alpha value is -4.24. The minimum Gasteiger partial charge on any atom is -0.434 e. The number of aliphatic hydroxyl groups is 1. The lowest BCUT2D eigenvalue weighted by molar-refractivity contribution is -0.156. The number of ether oxygens (including phenoxy) is 1. The van der Waals surface area contributed by atoms with Gasteiger partial charge in [-0.15, -0.1) is 0 Å². The molecule has 0 radical (unpaired) electrons. The Balaban J connectivity index is 1.37. The molecule has 1 fully saturated rings. The van der Waals surface area contributed by atoms with Crippen LogP contribution in [-0.4, -0.2) is 41.1 Å². The number of carbonyl (C=O) groups excluding carboxylic acids is 4. The van der Waals surface area contributed by atoms with E-state index >= 15 is 0 Å². The molecule has 2 atom stereocenters. The van der Waals surface area contributed by atoms with E-state index in [1.165, 1.54) is 0 Å². The second-order valence-electron chi connectivity index (χ2n) is 8.80. The topological polar surface area (TPSA) is 134 Å². The molecule has 9 nitrogen and oxygen atoms in total. The van der Waals surface area contributed by atoms with Crippen LogP contribution in [0.25, 0.3) is 10.8 Å². The van der Waals surface area contributed by atoms with Gasteiger partial charge in [0, 0.05) is 5.56 Å². The van der Waals surface area contributed by atoms with Gasteiger partial charge in [-0.2, -0.15) is 0 Å². The molecule has 9 heteroatoms. The molecule has 1 saturated heterocycles. The fourth-order valence-corrected chi connectivity index (χ4v) is 4.74. The Morgan fingerprint density at radius 3 is 2.20 bits per heavy atom. The first kappa shape index (κ1) is 22.5. The van der Waals surface area contributed by atoms with E-state index in [0.29, 0.717) is 5.56 Å². The van der Waals surface area contributed by atoms with E-state index in [2.05, 4.69) is 16.2 Å². The third kappa shape index (κ3) is 4.10. The first-order valence-electron chi connectivity index (χ1n) is 11.2. The molecule has 4 N–H and O–H groups in total. The van der Waals surface area contributed by atoms with Crippen LogP contribution in [0.2, 0.25) is 0 Å². The summed E-state index contributed by atoms with van der Waals surface area (Å²) in [6.45, 7) is 0. The van der Waals surface area contributed by atoms with Crippen molar-refractivity contribution in [2.75, 3.05) is 0 Å². The SMILES string of the molecule is O=C1C[C@H](NC(=O)C2(C(=O)NNC(=O)c3cccc4ccccc34)Cc3ccccc3C2)C(O)O1. The van der Waals surface area contributed by atoms with E-state index in [4.69, 9.17) is 4.74 Å². The molecule has 1 heterocycles. The average Bonchev–Trinajstić information content (AvgIpc) is 3.41. The lowest BCUT2D eigenvalue weighted by atomic mass is 9.82. The molecule has 3 amide bonds. The van der Waals surface area contributed by atoms with Crippen molar-refractivity contribution in [1.29, 1.82) is 0 Å². The number of carbonyl (C=O) groups is 4. The zero-order valence-corrected chi connectivity index (χ0v) is 18.6. The maximum absolute atomic E-state index is 13.4. The van der Waals surface area contributed by atoms with Gasteiger partial charge in [-0.3, -0.25) is 30.0 Å². The first-order valence-corrected chi connectivity index (χ1v) is 11.2. The zero-order chi connectivity index (χ0) is 24.6. The lowest BCUT2D eigenvalue weighted by Crippen LogP contribution is -2.58. The monoisotopic (exact) mass is 473 g/mol. The molecule has 0 spiro atoms. The lowest BCUT2D eigenvalue weighted by Gasteiger charge is -2.28. The minimum atomic E-state index is -1.58. The molecule has 1 aliphatic heterocycles. The fourth-order valence-electron chi connectivity index (χ4n) is 4.74. The third-order valence-corrected chi connectivity index (χ3v) is 6.60. The van der Waals surface area contributed by atoms with Crippen LogP contribution in [-0.2, 0) is 32.0 Å². The van der Waals surface area contributed by atoms with Crippen molar-refractivity contribution in [2.24, 2.45) is 5.41 Å². The Labute approximate surface area is 200 Å². The Morgan fingerprint density at radius 1 is 0.857 bits per heavy atom. The number of hydrogen-bond acceptors (Lipinski definition) is 6. The number of hydrogen-bond donors (Lipinski definition) is 4. The summed E-state index contributed by atoms with van der Waals surface area (Å²) in [7, 11) is 0. The molecule has 2 aliphatic rings. The number of cyclic esters (lactones) is 1. The second-order valence-corrected chi connectivity index (χ2v) is 8.80. The highest BCUT2D eigenvalue weighted by Crippen LogP contribution is 2.38. The predicted octanol–water partition coefficient (Wildman–Crippen LogP) is 1.14. The smallest absolute Gasteiger partial charge is 0.310 e. The van der Waals surface area contributed by atoms with E-state index < -0.39 is 41.4 Å². The van der Waals surface area contributed by atoms with Gasteiger partial charge in [0.1, 0.15) is 11.5 Å². The highest BCUT2D eigenvalue weighted by atomic mass is 16.6. The van der Waals surface area contributed by atoms with Gasteiger partial charge >= 0.3 is 5.97 Å². The molecule has 0 saturated carbocycles. The van der Waals surface area contributed by atoms with Crippen LogP contribution in [0, 0.1) is 5.41 Å². The van der Waals surface area contributed by atoms with Gasteiger partial charge in [0.15, 0.2) is 0 Å². The van der Waals surface area contributed by atoms with Crippen LogP contribution in [0.3, 0.4) is 0 Å². The maximum Gasteiger partial charge on any atom is 0.310 e. The van der Waals surface area contributed by atoms with E-state index in [9.17, 15) is 24.3 Å². The molecule has 0 aromatic heterocycles. The molecule has 3 aromatic rings. The summed E-state index contributed by atoms with van der Waals surface area (Å²) in [5.41, 5.74) is 5.32. The normalized spacial score (nSPS) is 20.1. The highest BCUT2D eigenvalue weighted by Gasteiger charge is 2.51. The Kier molecular flexibility index (Phi) is 5.70. The van der Waals surface area contributed by atoms with Crippen LogP contribution in [0.4, 0.5) is 0 Å². The summed E-state index contributed by atoms with van der Waals surface area (Å²) >= 11 is 0. The molecular formula is C26H23N3O6. The van der Waals surface area contributed by atoms with Crippen molar-refractivity contribution < 1.29 is 29.0 Å². The number of rotatable bonds is 4. The largest absolute Gasteiger partial charge is 0.434 e. The number of fused-ring (bicyclic) bond motifs is 2. The molecule has 3 aromatic carbocycles. The van der Waals surface area contributed by atoms with Gasteiger partial charge in [-0.25, -0.2) is 0 Å². The van der Waals surface area contributed by atoms with Crippen LogP contribution in [0.15, 0.2) is 66.7 Å². The van der Waals surface area contributed by atoms with Gasteiger partial charge < -0.3 is 15.2 Å². The van der Waals surface area contributed by atoms with E-state index in [-0.39, 0.29) is 19.3 Å². The average molecular weight is 473 g/mol. The van der Waals surface area contributed by atoms with Crippen molar-refractivity contribution >= 4 is 34.5 Å². The van der Waals surface area contributed by atoms with Gasteiger partial charge in [0.05, 0.1) is 6.42 Å². The van der Waals surface area contributed by atoms with Crippen LogP contribution < -0.4 is 16.2 Å². The Bertz CT molecular complexity index is 1320. The molecule has 178 valence electrons. The van der Waals surface area contributed by atoms with E-state index in [0.717, 1.165) is 21.9 Å². The summed E-state index contributed by atoms with van der Waals surface area (Å²) in [6.07, 6.45) is -1.48. The quantitative estimate of drug-likeness (QED) is 0.255. The fraction of sp³-hybridized carbons (Fsp3) is 0.231. The number of hydrazine groups is 1. The molecule has 1 unspecified atom stereocenters. The maximum atomic E-state index is 13.4. The number of benzene rings is 3. The van der Waals surface area contributed by atoms with Crippen molar-refractivity contribution in [1.82, 2.24) is 16.2 Å². The summed E-state index contributed by atoms with van der Waals surface area (Å²) in [5, 5.41) is 14.1. The Morgan fingerprint density at radius 2 is 1.51 bits per heavy atom. The molecule has 1 aliphatic carbocycles. The van der Waals surface area contributed by atoms with Gasteiger partial charge in [0.2, 0.25) is 12.2 Å². The van der Waals surface area contributed by atoms with E-state index in [1.807, 2.05) is 54.6 Å². The van der Waals surface area contributed by atoms with E-state index in [1.54, 1.807) is 12.1 Å². The molecule has 35 heavy (non-hydrogen) atoms. The third-order valence-electron chi connectivity index (χ3n) is 6.60. The summed E-state index contributed by atoms with van der Waals surface area (Å²) in [5.74, 6) is -2.52. The number of nitrogens with one attached hydrogen (secondary N) is 3. The van der Waals surface area contributed by atoms with Crippen molar-refractivity contribution in [3.63, 3.8) is 0 Å². The van der Waals surface area contributed by atoms with Crippen molar-refractivity contribution in [3.05, 3.63) is 83.4 Å². The zero-order valence-electron chi connectivity index (χ0n) is 18.6.